The molecule has 3 aromatic carbocycles. The number of phenols is 2. The van der Waals surface area contributed by atoms with Crippen molar-refractivity contribution in [2.45, 2.75) is 6.42 Å². The van der Waals surface area contributed by atoms with E-state index in [0.717, 1.165) is 51.2 Å². The second kappa shape index (κ2) is 6.20. The summed E-state index contributed by atoms with van der Waals surface area (Å²) in [5, 5.41) is 19.6. The summed E-state index contributed by atoms with van der Waals surface area (Å²) in [6.07, 6.45) is 0.720. The van der Waals surface area contributed by atoms with Gasteiger partial charge >= 0.3 is 0 Å². The summed E-state index contributed by atoms with van der Waals surface area (Å²) in [5.41, 5.74) is 7.47. The van der Waals surface area contributed by atoms with E-state index in [0.29, 0.717) is 0 Å². The van der Waals surface area contributed by atoms with E-state index < -0.39 is 0 Å². The van der Waals surface area contributed by atoms with Crippen molar-refractivity contribution in [1.82, 2.24) is 4.98 Å². The minimum atomic E-state index is -0.293. The quantitative estimate of drug-likeness (QED) is 0.430. The predicted octanol–water partition coefficient (Wildman–Crippen LogP) is 5.54. The Morgan fingerprint density at radius 2 is 1.39 bits per heavy atom. The Kier molecular flexibility index (Phi) is 3.66. The van der Waals surface area contributed by atoms with E-state index in [1.165, 1.54) is 12.1 Å². The number of hydrogen-bond acceptors (Lipinski definition) is 3. The van der Waals surface area contributed by atoms with Crippen LogP contribution in [-0.2, 0) is 6.42 Å². The molecule has 0 bridgehead atoms. The summed E-state index contributed by atoms with van der Waals surface area (Å²) in [6.45, 7) is 0. The highest BCUT2D eigenvalue weighted by molar-refractivity contribution is 5.86. The number of rotatable bonds is 2. The van der Waals surface area contributed by atoms with Crippen LogP contribution < -0.4 is 0 Å². The van der Waals surface area contributed by atoms with Gasteiger partial charge in [-0.1, -0.05) is 18.2 Å². The Hall–Kier alpha value is -3.66. The van der Waals surface area contributed by atoms with Gasteiger partial charge in [-0.15, -0.1) is 0 Å². The van der Waals surface area contributed by atoms with Gasteiger partial charge in [0.05, 0.1) is 11.4 Å². The Morgan fingerprint density at radius 1 is 0.714 bits per heavy atom. The van der Waals surface area contributed by atoms with Crippen molar-refractivity contribution >= 4 is 0 Å². The van der Waals surface area contributed by atoms with Crippen LogP contribution in [0.25, 0.3) is 33.6 Å². The summed E-state index contributed by atoms with van der Waals surface area (Å²) >= 11 is 0. The summed E-state index contributed by atoms with van der Waals surface area (Å²) in [5.74, 6) is 0.118. The number of fused-ring (bicyclic) bond motifs is 3. The Labute approximate surface area is 161 Å². The number of nitrogens with zero attached hydrogens (tertiary/aromatic N) is 1. The molecule has 0 saturated carbocycles. The number of benzene rings is 3. The summed E-state index contributed by atoms with van der Waals surface area (Å²) in [6, 6.07) is 20.7. The van der Waals surface area contributed by atoms with Crippen molar-refractivity contribution in [3.63, 3.8) is 0 Å². The highest BCUT2D eigenvalue weighted by atomic mass is 19.1. The first-order chi connectivity index (χ1) is 13.6. The van der Waals surface area contributed by atoms with Crippen LogP contribution >= 0.6 is 0 Å². The van der Waals surface area contributed by atoms with E-state index in [9.17, 15) is 14.6 Å². The number of aromatic hydroxyl groups is 2. The molecule has 1 heterocycles. The van der Waals surface area contributed by atoms with E-state index in [1.807, 2.05) is 24.3 Å². The number of hydrogen-bond donors (Lipinski definition) is 2. The number of pyridine rings is 1. The summed E-state index contributed by atoms with van der Waals surface area (Å²) in [4.78, 5) is 4.86. The second-order valence-corrected chi connectivity index (χ2v) is 6.95. The molecule has 5 rings (SSSR count). The van der Waals surface area contributed by atoms with Gasteiger partial charge in [-0.25, -0.2) is 9.37 Å². The normalized spacial score (nSPS) is 11.9. The zero-order valence-corrected chi connectivity index (χ0v) is 14.9. The molecule has 28 heavy (non-hydrogen) atoms. The van der Waals surface area contributed by atoms with Gasteiger partial charge in [0, 0.05) is 17.5 Å². The highest BCUT2D eigenvalue weighted by Gasteiger charge is 2.25. The molecule has 4 aromatic rings. The molecule has 0 atom stereocenters. The smallest absolute Gasteiger partial charge is 0.123 e. The molecule has 0 amide bonds. The molecule has 0 saturated heterocycles. The van der Waals surface area contributed by atoms with Crippen LogP contribution in [-0.4, -0.2) is 15.2 Å². The minimum absolute atomic E-state index is 0.201. The van der Waals surface area contributed by atoms with Crippen molar-refractivity contribution in [3.8, 4) is 45.1 Å². The topological polar surface area (TPSA) is 53.4 Å². The first-order valence-corrected chi connectivity index (χ1v) is 9.00. The lowest BCUT2D eigenvalue weighted by molar-refractivity contribution is 0.475. The molecule has 2 N–H and O–H groups in total. The van der Waals surface area contributed by atoms with Crippen LogP contribution in [0.5, 0.6) is 11.5 Å². The third-order valence-electron chi connectivity index (χ3n) is 5.16. The van der Waals surface area contributed by atoms with Crippen molar-refractivity contribution in [3.05, 3.63) is 89.7 Å². The maximum atomic E-state index is 13.4. The van der Waals surface area contributed by atoms with Gasteiger partial charge in [0.25, 0.3) is 0 Å². The first kappa shape index (κ1) is 16.5. The monoisotopic (exact) mass is 369 g/mol. The predicted molar refractivity (Wildman–Crippen MR) is 107 cm³/mol. The second-order valence-electron chi connectivity index (χ2n) is 6.95. The fourth-order valence-corrected chi connectivity index (χ4v) is 3.77. The van der Waals surface area contributed by atoms with Gasteiger partial charge in [-0.05, 0) is 76.9 Å². The lowest BCUT2D eigenvalue weighted by atomic mass is 9.96. The van der Waals surface area contributed by atoms with E-state index in [1.54, 1.807) is 36.4 Å². The SMILES string of the molecule is Oc1ccc(-c2cc(-c3ccc(F)cc3)nc3c2Cc2ccc(O)cc2-3)cc1. The third-order valence-corrected chi connectivity index (χ3v) is 5.16. The van der Waals surface area contributed by atoms with Gasteiger partial charge in [0.1, 0.15) is 17.3 Å². The van der Waals surface area contributed by atoms with Gasteiger partial charge in [-0.3, -0.25) is 0 Å². The van der Waals surface area contributed by atoms with Crippen LogP contribution in [0.3, 0.4) is 0 Å². The molecule has 1 aromatic heterocycles. The number of aromatic nitrogens is 1. The number of halogens is 1. The van der Waals surface area contributed by atoms with Crippen LogP contribution in [0.2, 0.25) is 0 Å². The molecule has 136 valence electrons. The standard InChI is InChI=1S/C24H16FNO2/c25-17-6-1-15(2-7-17)23-13-20(14-3-8-18(27)9-4-14)22-11-16-5-10-19(28)12-21(16)24(22)26-23/h1-10,12-13,27-28H,11H2. The Morgan fingerprint density at radius 3 is 2.14 bits per heavy atom. The summed E-state index contributed by atoms with van der Waals surface area (Å²) in [7, 11) is 0. The Bertz CT molecular complexity index is 1200. The lowest BCUT2D eigenvalue weighted by Crippen LogP contribution is -1.94. The molecular weight excluding hydrogens is 353 g/mol. The maximum Gasteiger partial charge on any atom is 0.123 e. The lowest BCUT2D eigenvalue weighted by Gasteiger charge is -2.12. The molecule has 0 radical (unpaired) electrons. The maximum absolute atomic E-state index is 13.4. The average molecular weight is 369 g/mol. The van der Waals surface area contributed by atoms with Gasteiger partial charge in [-0.2, -0.15) is 0 Å². The minimum Gasteiger partial charge on any atom is -0.508 e. The molecular formula is C24H16FNO2. The van der Waals surface area contributed by atoms with Crippen LogP contribution in [0, 0.1) is 5.82 Å². The highest BCUT2D eigenvalue weighted by Crippen LogP contribution is 2.43. The van der Waals surface area contributed by atoms with Crippen molar-refractivity contribution in [2.75, 3.05) is 0 Å². The van der Waals surface area contributed by atoms with E-state index >= 15 is 0 Å². The third kappa shape index (κ3) is 2.70. The van der Waals surface area contributed by atoms with Gasteiger partial charge in [0.15, 0.2) is 0 Å². The zero-order valence-electron chi connectivity index (χ0n) is 14.9. The van der Waals surface area contributed by atoms with Crippen LogP contribution in [0.4, 0.5) is 4.39 Å². The molecule has 0 unspecified atom stereocenters. The first-order valence-electron chi connectivity index (χ1n) is 9.00. The molecule has 3 nitrogen and oxygen atoms in total. The Balaban J connectivity index is 1.77. The molecule has 0 aliphatic heterocycles. The molecule has 4 heteroatoms. The van der Waals surface area contributed by atoms with Crippen LogP contribution in [0.1, 0.15) is 11.1 Å². The van der Waals surface area contributed by atoms with E-state index in [4.69, 9.17) is 4.98 Å². The molecule has 1 aliphatic rings. The fourth-order valence-electron chi connectivity index (χ4n) is 3.77. The zero-order chi connectivity index (χ0) is 19.3. The molecule has 1 aliphatic carbocycles. The number of phenolic OH excluding ortho intramolecular Hbond substituents is 2. The van der Waals surface area contributed by atoms with Crippen molar-refractivity contribution < 1.29 is 14.6 Å². The average Bonchev–Trinajstić information content (AvgIpc) is 3.06. The fraction of sp³-hybridized carbons (Fsp3) is 0.0417. The van der Waals surface area contributed by atoms with Gasteiger partial charge < -0.3 is 10.2 Å². The molecule has 0 fully saturated rings. The van der Waals surface area contributed by atoms with E-state index in [-0.39, 0.29) is 17.3 Å². The summed E-state index contributed by atoms with van der Waals surface area (Å²) < 4.78 is 13.4. The van der Waals surface area contributed by atoms with Gasteiger partial charge in [0.2, 0.25) is 0 Å². The van der Waals surface area contributed by atoms with Crippen molar-refractivity contribution in [2.24, 2.45) is 0 Å². The molecule has 0 spiro atoms. The van der Waals surface area contributed by atoms with Crippen molar-refractivity contribution in [1.29, 1.82) is 0 Å². The van der Waals surface area contributed by atoms with Crippen LogP contribution in [0.15, 0.2) is 72.8 Å². The largest absolute Gasteiger partial charge is 0.508 e. The van der Waals surface area contributed by atoms with E-state index in [2.05, 4.69) is 0 Å².